The Labute approximate surface area is 109 Å². The van der Waals surface area contributed by atoms with E-state index in [2.05, 4.69) is 29.4 Å². The molecule has 18 heavy (non-hydrogen) atoms. The highest BCUT2D eigenvalue weighted by atomic mass is 15.2. The summed E-state index contributed by atoms with van der Waals surface area (Å²) in [5.74, 6) is 2.69. The van der Waals surface area contributed by atoms with Crippen LogP contribution in [-0.4, -0.2) is 21.7 Å². The number of rotatable bonds is 2. The Bertz CT molecular complexity index is 404. The lowest BCUT2D eigenvalue weighted by molar-refractivity contribution is 0.174. The minimum Gasteiger partial charge on any atom is -0.307 e. The molecule has 100 valence electrons. The fraction of sp³-hybridized carbons (Fsp3) is 0.857. The Kier molecular flexibility index (Phi) is 3.14. The average molecular weight is 248 g/mol. The summed E-state index contributed by atoms with van der Waals surface area (Å²) in [5.41, 5.74) is 0.269. The van der Waals surface area contributed by atoms with Gasteiger partial charge in [0.25, 0.3) is 0 Å². The van der Waals surface area contributed by atoms with Crippen molar-refractivity contribution in [1.82, 2.24) is 20.5 Å². The molecule has 0 spiro atoms. The largest absolute Gasteiger partial charge is 0.307 e. The van der Waals surface area contributed by atoms with Crippen molar-refractivity contribution in [3.63, 3.8) is 0 Å². The predicted molar refractivity (Wildman–Crippen MR) is 71.4 cm³/mol. The maximum absolute atomic E-state index is 4.78. The summed E-state index contributed by atoms with van der Waals surface area (Å²) in [6.45, 7) is 5.73. The molecule has 0 aromatic carbocycles. The summed E-state index contributed by atoms with van der Waals surface area (Å²) >= 11 is 0. The molecule has 1 aliphatic carbocycles. The van der Waals surface area contributed by atoms with E-state index in [4.69, 9.17) is 4.98 Å². The predicted octanol–water partition coefficient (Wildman–Crippen LogP) is 2.91. The Morgan fingerprint density at radius 1 is 1.17 bits per heavy atom. The third-order valence-electron chi connectivity index (χ3n) is 4.64. The molecular weight excluding hydrogens is 224 g/mol. The Hall–Kier alpha value is -0.900. The molecule has 1 unspecified atom stereocenters. The van der Waals surface area contributed by atoms with Gasteiger partial charge in [-0.1, -0.05) is 26.7 Å². The molecule has 1 saturated heterocycles. The quantitative estimate of drug-likeness (QED) is 0.846. The first-order valence-corrected chi connectivity index (χ1v) is 7.32. The van der Waals surface area contributed by atoms with Gasteiger partial charge in [0, 0.05) is 5.92 Å². The van der Waals surface area contributed by atoms with Gasteiger partial charge in [-0.25, -0.2) is 4.98 Å². The number of nitrogens with one attached hydrogen (secondary N) is 2. The van der Waals surface area contributed by atoms with E-state index in [-0.39, 0.29) is 5.41 Å². The third-order valence-corrected chi connectivity index (χ3v) is 4.64. The van der Waals surface area contributed by atoms with Crippen LogP contribution in [0.4, 0.5) is 0 Å². The van der Waals surface area contributed by atoms with Crippen molar-refractivity contribution in [3.05, 3.63) is 11.6 Å². The molecule has 0 amide bonds. The molecule has 0 radical (unpaired) electrons. The molecule has 4 heteroatoms. The lowest BCUT2D eigenvalue weighted by atomic mass is 9.77. The second-order valence-electron chi connectivity index (χ2n) is 6.54. The van der Waals surface area contributed by atoms with Crippen molar-refractivity contribution < 1.29 is 0 Å². The van der Waals surface area contributed by atoms with E-state index < -0.39 is 0 Å². The molecule has 3 rings (SSSR count). The number of hydrogen-bond donors (Lipinski definition) is 2. The SMILES string of the molecule is CC1(C)CCCNC1c1nc(C2CCCC2)n[nH]1. The Morgan fingerprint density at radius 3 is 2.67 bits per heavy atom. The zero-order valence-electron chi connectivity index (χ0n) is 11.5. The zero-order valence-corrected chi connectivity index (χ0v) is 11.5. The zero-order chi connectivity index (χ0) is 12.6. The van der Waals surface area contributed by atoms with Crippen LogP contribution >= 0.6 is 0 Å². The maximum Gasteiger partial charge on any atom is 0.153 e. The topological polar surface area (TPSA) is 53.6 Å². The van der Waals surface area contributed by atoms with Gasteiger partial charge in [0.1, 0.15) is 5.82 Å². The molecule has 2 heterocycles. The van der Waals surface area contributed by atoms with Gasteiger partial charge in [0.15, 0.2) is 5.82 Å². The van der Waals surface area contributed by atoms with Crippen molar-refractivity contribution in [3.8, 4) is 0 Å². The molecule has 1 aromatic rings. The molecule has 1 aromatic heterocycles. The van der Waals surface area contributed by atoms with E-state index in [1.54, 1.807) is 0 Å². The van der Waals surface area contributed by atoms with Crippen molar-refractivity contribution in [2.75, 3.05) is 6.54 Å². The van der Waals surface area contributed by atoms with Gasteiger partial charge in [0.2, 0.25) is 0 Å². The van der Waals surface area contributed by atoms with Crippen LogP contribution in [0.3, 0.4) is 0 Å². The van der Waals surface area contributed by atoms with E-state index in [1.165, 1.54) is 38.5 Å². The minimum absolute atomic E-state index is 0.269. The first kappa shape index (κ1) is 12.2. The van der Waals surface area contributed by atoms with E-state index in [0.29, 0.717) is 12.0 Å². The van der Waals surface area contributed by atoms with E-state index in [9.17, 15) is 0 Å². The fourth-order valence-corrected chi connectivity index (χ4v) is 3.46. The number of H-pyrrole nitrogens is 1. The van der Waals surface area contributed by atoms with E-state index >= 15 is 0 Å². The van der Waals surface area contributed by atoms with Gasteiger partial charge in [0.05, 0.1) is 6.04 Å². The van der Waals surface area contributed by atoms with Gasteiger partial charge in [-0.15, -0.1) is 0 Å². The van der Waals surface area contributed by atoms with Gasteiger partial charge in [-0.2, -0.15) is 5.10 Å². The van der Waals surface area contributed by atoms with Gasteiger partial charge in [-0.3, -0.25) is 5.10 Å². The van der Waals surface area contributed by atoms with Crippen molar-refractivity contribution in [2.24, 2.45) is 5.41 Å². The van der Waals surface area contributed by atoms with Crippen LogP contribution in [-0.2, 0) is 0 Å². The number of piperidine rings is 1. The highest BCUT2D eigenvalue weighted by Crippen LogP contribution is 2.39. The molecule has 1 saturated carbocycles. The molecule has 1 atom stereocenters. The monoisotopic (exact) mass is 248 g/mol. The van der Waals surface area contributed by atoms with Crippen LogP contribution in [0.1, 0.15) is 76.0 Å². The molecular formula is C14H24N4. The second-order valence-corrected chi connectivity index (χ2v) is 6.54. The van der Waals surface area contributed by atoms with Gasteiger partial charge in [-0.05, 0) is 37.6 Å². The summed E-state index contributed by atoms with van der Waals surface area (Å²) in [7, 11) is 0. The summed E-state index contributed by atoms with van der Waals surface area (Å²) in [6.07, 6.45) is 7.71. The molecule has 2 aliphatic rings. The number of hydrogen-bond acceptors (Lipinski definition) is 3. The number of nitrogens with zero attached hydrogens (tertiary/aromatic N) is 2. The lowest BCUT2D eigenvalue weighted by Crippen LogP contribution is -2.40. The minimum atomic E-state index is 0.269. The highest BCUT2D eigenvalue weighted by Gasteiger charge is 2.35. The molecule has 2 N–H and O–H groups in total. The van der Waals surface area contributed by atoms with Crippen LogP contribution in [0.5, 0.6) is 0 Å². The summed E-state index contributed by atoms with van der Waals surface area (Å²) in [6, 6.07) is 0.328. The number of aromatic amines is 1. The second kappa shape index (κ2) is 4.65. The van der Waals surface area contributed by atoms with Crippen molar-refractivity contribution in [2.45, 2.75) is 64.3 Å². The smallest absolute Gasteiger partial charge is 0.153 e. The van der Waals surface area contributed by atoms with Crippen LogP contribution < -0.4 is 5.32 Å². The molecule has 0 bridgehead atoms. The fourth-order valence-electron chi connectivity index (χ4n) is 3.46. The van der Waals surface area contributed by atoms with Gasteiger partial charge < -0.3 is 5.32 Å². The molecule has 4 nitrogen and oxygen atoms in total. The summed E-state index contributed by atoms with van der Waals surface area (Å²) in [4.78, 5) is 4.78. The van der Waals surface area contributed by atoms with E-state index in [0.717, 1.165) is 18.2 Å². The maximum atomic E-state index is 4.78. The van der Waals surface area contributed by atoms with Crippen LogP contribution in [0.15, 0.2) is 0 Å². The van der Waals surface area contributed by atoms with E-state index in [1.807, 2.05) is 0 Å². The lowest BCUT2D eigenvalue weighted by Gasteiger charge is -2.37. The normalized spacial score (nSPS) is 28.7. The summed E-state index contributed by atoms with van der Waals surface area (Å²) < 4.78 is 0. The van der Waals surface area contributed by atoms with Crippen molar-refractivity contribution in [1.29, 1.82) is 0 Å². The molecule has 1 aliphatic heterocycles. The average Bonchev–Trinajstić information content (AvgIpc) is 2.99. The number of aromatic nitrogens is 3. The van der Waals surface area contributed by atoms with Crippen LogP contribution in [0, 0.1) is 5.41 Å². The van der Waals surface area contributed by atoms with Gasteiger partial charge >= 0.3 is 0 Å². The first-order valence-electron chi connectivity index (χ1n) is 7.32. The molecule has 2 fully saturated rings. The Balaban J connectivity index is 1.79. The van der Waals surface area contributed by atoms with Crippen LogP contribution in [0.2, 0.25) is 0 Å². The first-order chi connectivity index (χ1) is 8.67. The summed E-state index contributed by atoms with van der Waals surface area (Å²) in [5, 5.41) is 11.2. The van der Waals surface area contributed by atoms with Crippen molar-refractivity contribution >= 4 is 0 Å². The van der Waals surface area contributed by atoms with Crippen LogP contribution in [0.25, 0.3) is 0 Å². The third kappa shape index (κ3) is 2.18. The highest BCUT2D eigenvalue weighted by molar-refractivity contribution is 5.07. The Morgan fingerprint density at radius 2 is 1.94 bits per heavy atom. The standard InChI is InChI=1S/C14H24N4/c1-14(2)8-5-9-15-11(14)13-16-12(17-18-13)10-6-3-4-7-10/h10-11,15H,3-9H2,1-2H3,(H,16,17,18).